The number of aromatic nitrogens is 2. The van der Waals surface area contributed by atoms with E-state index in [0.717, 1.165) is 18.2 Å². The molecular formula is C21H18F4N4O3. The molecule has 11 heteroatoms. The Hall–Kier alpha value is -3.73. The molecule has 0 aliphatic heterocycles. The van der Waals surface area contributed by atoms with Crippen LogP contribution in [0.1, 0.15) is 17.2 Å². The minimum atomic E-state index is -4.92. The van der Waals surface area contributed by atoms with Crippen LogP contribution in [0, 0.1) is 5.82 Å². The highest BCUT2D eigenvalue weighted by molar-refractivity contribution is 5.73. The van der Waals surface area contributed by atoms with Crippen LogP contribution in [0.4, 0.5) is 23.5 Å². The molecule has 2 atom stereocenters. The molecule has 168 valence electrons. The summed E-state index contributed by atoms with van der Waals surface area (Å²) in [5, 5.41) is 8.89. The normalized spacial score (nSPS) is 13.4. The summed E-state index contributed by atoms with van der Waals surface area (Å²) in [5.74, 6) is -3.06. The maximum Gasteiger partial charge on any atom is 0.429 e. The molecular weight excluding hydrogens is 432 g/mol. The van der Waals surface area contributed by atoms with Crippen molar-refractivity contribution in [3.8, 4) is 17.1 Å². The third-order valence-corrected chi connectivity index (χ3v) is 4.47. The van der Waals surface area contributed by atoms with E-state index in [9.17, 15) is 22.4 Å². The number of hydrogen-bond donors (Lipinski definition) is 3. The zero-order chi connectivity index (χ0) is 23.5. The van der Waals surface area contributed by atoms with Crippen LogP contribution in [0.5, 0.6) is 5.88 Å². The molecule has 32 heavy (non-hydrogen) atoms. The molecule has 1 heterocycles. The number of nitrogens with two attached hydrogens (primary N) is 2. The molecule has 3 aromatic rings. The second kappa shape index (κ2) is 9.18. The molecule has 0 saturated heterocycles. The van der Waals surface area contributed by atoms with Crippen LogP contribution in [0.3, 0.4) is 0 Å². The molecule has 7 nitrogen and oxygen atoms in total. The lowest BCUT2D eigenvalue weighted by molar-refractivity contribution is -0.199. The fraction of sp³-hybridized carbons (Fsp3) is 0.190. The van der Waals surface area contributed by atoms with Gasteiger partial charge in [-0.25, -0.2) is 9.37 Å². The summed E-state index contributed by atoms with van der Waals surface area (Å²) in [6.45, 7) is 0. The third kappa shape index (κ3) is 5.49. The molecule has 5 N–H and O–H groups in total. The van der Waals surface area contributed by atoms with Gasteiger partial charge in [-0.05, 0) is 18.1 Å². The number of ether oxygens (including phenoxy) is 1. The quantitative estimate of drug-likeness (QED) is 0.471. The lowest BCUT2D eigenvalue weighted by Gasteiger charge is -2.22. The maximum atomic E-state index is 14.0. The fourth-order valence-corrected chi connectivity index (χ4v) is 2.92. The highest BCUT2D eigenvalue weighted by atomic mass is 19.4. The van der Waals surface area contributed by atoms with E-state index >= 15 is 0 Å². The maximum absolute atomic E-state index is 14.0. The zero-order valence-corrected chi connectivity index (χ0v) is 16.4. The van der Waals surface area contributed by atoms with Gasteiger partial charge in [0.15, 0.2) is 0 Å². The number of halogens is 4. The molecule has 0 spiro atoms. The fourth-order valence-electron chi connectivity index (χ4n) is 2.92. The molecule has 0 saturated carbocycles. The van der Waals surface area contributed by atoms with Gasteiger partial charge in [0.05, 0.1) is 5.69 Å². The molecule has 0 bridgehead atoms. The van der Waals surface area contributed by atoms with Crippen LogP contribution in [0.15, 0.2) is 54.6 Å². The summed E-state index contributed by atoms with van der Waals surface area (Å²) in [7, 11) is 0. The predicted molar refractivity (Wildman–Crippen MR) is 107 cm³/mol. The summed E-state index contributed by atoms with van der Waals surface area (Å²) >= 11 is 0. The van der Waals surface area contributed by atoms with Crippen molar-refractivity contribution in [2.24, 2.45) is 5.73 Å². The molecule has 1 aromatic heterocycles. The Balaban J connectivity index is 1.90. The predicted octanol–water partition coefficient (Wildman–Crippen LogP) is 3.50. The molecule has 2 aromatic carbocycles. The van der Waals surface area contributed by atoms with Crippen LogP contribution in [0.25, 0.3) is 11.3 Å². The highest BCUT2D eigenvalue weighted by Gasteiger charge is 2.44. The van der Waals surface area contributed by atoms with E-state index in [1.54, 1.807) is 24.3 Å². The second-order valence-electron chi connectivity index (χ2n) is 6.86. The van der Waals surface area contributed by atoms with Gasteiger partial charge in [0.2, 0.25) is 17.9 Å². The van der Waals surface area contributed by atoms with Gasteiger partial charge >= 0.3 is 12.1 Å². The smallest absolute Gasteiger partial charge is 0.429 e. The summed E-state index contributed by atoms with van der Waals surface area (Å²) in [4.78, 5) is 18.6. The Morgan fingerprint density at radius 3 is 2.34 bits per heavy atom. The highest BCUT2D eigenvalue weighted by Crippen LogP contribution is 2.38. The van der Waals surface area contributed by atoms with Gasteiger partial charge in [-0.3, -0.25) is 4.79 Å². The van der Waals surface area contributed by atoms with Crippen molar-refractivity contribution < 1.29 is 32.2 Å². The first-order valence-electron chi connectivity index (χ1n) is 9.24. The number of aliphatic carboxylic acids is 1. The zero-order valence-electron chi connectivity index (χ0n) is 16.4. The van der Waals surface area contributed by atoms with Crippen molar-refractivity contribution in [3.63, 3.8) is 0 Å². The Bertz CT molecular complexity index is 1110. The van der Waals surface area contributed by atoms with Gasteiger partial charge < -0.3 is 21.3 Å². The Morgan fingerprint density at radius 1 is 1.09 bits per heavy atom. The summed E-state index contributed by atoms with van der Waals surface area (Å²) in [6.07, 6.45) is -7.44. The standard InChI is InChI=1S/C21H18F4N4O3/c22-14-4-2-1-3-13(14)18(21(23,24)25)32-17-10-16(28-20(27)29-17)12-7-5-11(6-8-12)9-15(26)19(30)31/h1-8,10,15,18H,9,26H2,(H,30,31)(H2,27,28,29). The first-order chi connectivity index (χ1) is 15.0. The van der Waals surface area contributed by atoms with Crippen LogP contribution < -0.4 is 16.2 Å². The number of nitrogens with zero attached hydrogens (tertiary/aromatic N) is 2. The van der Waals surface area contributed by atoms with Crippen molar-refractivity contribution >= 4 is 11.9 Å². The van der Waals surface area contributed by atoms with Gasteiger partial charge in [0.25, 0.3) is 0 Å². The molecule has 3 rings (SSSR count). The van der Waals surface area contributed by atoms with Gasteiger partial charge in [0.1, 0.15) is 11.9 Å². The minimum Gasteiger partial charge on any atom is -0.480 e. The molecule has 0 amide bonds. The van der Waals surface area contributed by atoms with E-state index in [0.29, 0.717) is 11.1 Å². The van der Waals surface area contributed by atoms with Gasteiger partial charge in [-0.2, -0.15) is 18.2 Å². The molecule has 2 unspecified atom stereocenters. The number of hydrogen-bond acceptors (Lipinski definition) is 6. The number of benzene rings is 2. The number of carboxylic acid groups (broad SMARTS) is 1. The van der Waals surface area contributed by atoms with Crippen LogP contribution in [-0.2, 0) is 11.2 Å². The van der Waals surface area contributed by atoms with Crippen molar-refractivity contribution in [3.05, 3.63) is 71.5 Å². The molecule has 0 aliphatic rings. The molecule has 0 fully saturated rings. The van der Waals surface area contributed by atoms with Crippen molar-refractivity contribution in [2.45, 2.75) is 24.7 Å². The lowest BCUT2D eigenvalue weighted by atomic mass is 10.0. The average molecular weight is 450 g/mol. The van der Waals surface area contributed by atoms with Gasteiger partial charge in [-0.1, -0.05) is 42.5 Å². The second-order valence-corrected chi connectivity index (χ2v) is 6.86. The Morgan fingerprint density at radius 2 is 1.75 bits per heavy atom. The van der Waals surface area contributed by atoms with Gasteiger partial charge in [0, 0.05) is 17.2 Å². The van der Waals surface area contributed by atoms with Crippen LogP contribution >= 0.6 is 0 Å². The van der Waals surface area contributed by atoms with Crippen molar-refractivity contribution in [2.75, 3.05) is 5.73 Å². The molecule has 0 radical (unpaired) electrons. The average Bonchev–Trinajstić information content (AvgIpc) is 2.72. The van der Waals surface area contributed by atoms with Crippen LogP contribution in [-0.4, -0.2) is 33.3 Å². The summed E-state index contributed by atoms with van der Waals surface area (Å²) in [5.41, 5.74) is 11.7. The SMILES string of the molecule is Nc1nc(OC(c2ccccc2F)C(F)(F)F)cc(-c2ccc(CC(N)C(=O)O)cc2)n1. The number of alkyl halides is 3. The topological polar surface area (TPSA) is 124 Å². The van der Waals surface area contributed by atoms with E-state index in [4.69, 9.17) is 21.3 Å². The van der Waals surface area contributed by atoms with Crippen LogP contribution in [0.2, 0.25) is 0 Å². The van der Waals surface area contributed by atoms with Gasteiger partial charge in [-0.15, -0.1) is 0 Å². The number of carboxylic acids is 1. The van der Waals surface area contributed by atoms with Crippen molar-refractivity contribution in [1.29, 1.82) is 0 Å². The molecule has 0 aliphatic carbocycles. The Kier molecular flexibility index (Phi) is 6.58. The van der Waals surface area contributed by atoms with E-state index in [1.165, 1.54) is 12.1 Å². The minimum absolute atomic E-state index is 0.0891. The first-order valence-corrected chi connectivity index (χ1v) is 9.24. The summed E-state index contributed by atoms with van der Waals surface area (Å²) < 4.78 is 59.8. The van der Waals surface area contributed by atoms with E-state index in [1.807, 2.05) is 0 Å². The first kappa shape index (κ1) is 22.9. The third-order valence-electron chi connectivity index (χ3n) is 4.47. The lowest BCUT2D eigenvalue weighted by Crippen LogP contribution is -2.32. The largest absolute Gasteiger partial charge is 0.480 e. The Labute approximate surface area is 179 Å². The number of rotatable bonds is 7. The number of carbonyl (C=O) groups is 1. The number of nitrogen functional groups attached to an aromatic ring is 1. The number of anilines is 1. The monoisotopic (exact) mass is 450 g/mol. The summed E-state index contributed by atoms with van der Waals surface area (Å²) in [6, 6.07) is 10.8. The van der Waals surface area contributed by atoms with E-state index < -0.39 is 41.6 Å². The van der Waals surface area contributed by atoms with Crippen molar-refractivity contribution in [1.82, 2.24) is 9.97 Å². The van der Waals surface area contributed by atoms with E-state index in [-0.39, 0.29) is 18.1 Å². The van der Waals surface area contributed by atoms with E-state index in [2.05, 4.69) is 9.97 Å².